The average Bonchev–Trinajstić information content (AvgIpc) is 1.48. The number of amides is 16. The molecule has 31 N–H and O–H groups in total. The molecular formula is C94H151N25O25. The molecule has 16 amide bonds. The van der Waals surface area contributed by atoms with Gasteiger partial charge in [0.25, 0.3) is 0 Å². The van der Waals surface area contributed by atoms with E-state index in [0.29, 0.717) is 34.9 Å². The van der Waals surface area contributed by atoms with E-state index in [1.54, 1.807) is 67.7 Å². The van der Waals surface area contributed by atoms with Gasteiger partial charge in [0.1, 0.15) is 78.9 Å². The van der Waals surface area contributed by atoms with Crippen LogP contribution in [0.4, 0.5) is 0 Å². The van der Waals surface area contributed by atoms with E-state index in [1.165, 1.54) is 51.4 Å². The van der Waals surface area contributed by atoms with Crippen molar-refractivity contribution in [1.29, 1.82) is 5.41 Å². The molecule has 2 saturated heterocycles. The van der Waals surface area contributed by atoms with E-state index in [0.717, 1.165) is 54.2 Å². The summed E-state index contributed by atoms with van der Waals surface area (Å²) in [5.74, 6) is -16.0. The van der Waals surface area contributed by atoms with Crippen LogP contribution < -0.4 is 108 Å². The number of hydrogen-bond acceptors (Lipinski definition) is 30. The summed E-state index contributed by atoms with van der Waals surface area (Å²) >= 11 is 0. The van der Waals surface area contributed by atoms with Crippen LogP contribution >= 0.6 is 0 Å². The van der Waals surface area contributed by atoms with Crippen molar-refractivity contribution < 1.29 is 122 Å². The highest BCUT2D eigenvalue weighted by Crippen LogP contribution is 2.25. The van der Waals surface area contributed by atoms with Crippen molar-refractivity contribution in [3.05, 3.63) is 71.9 Å². The summed E-state index contributed by atoms with van der Waals surface area (Å²) in [5.41, 5.74) is 27.1. The third kappa shape index (κ3) is 47.1. The largest absolute Gasteiger partial charge is 0.480 e. The average molecular weight is 2030 g/mol. The maximum atomic E-state index is 15.5. The number of para-hydroxylation sites is 1. The van der Waals surface area contributed by atoms with Crippen LogP contribution in [0.5, 0.6) is 0 Å². The van der Waals surface area contributed by atoms with Gasteiger partial charge in [0.15, 0.2) is 12.2 Å². The molecule has 802 valence electrons. The number of rotatable bonds is 63. The number of carboxylic acid groups (broad SMARTS) is 1. The minimum absolute atomic E-state index is 0.00759. The molecule has 50 nitrogen and oxygen atoms in total. The van der Waals surface area contributed by atoms with E-state index in [2.05, 4.69) is 101 Å². The van der Waals surface area contributed by atoms with Crippen LogP contribution in [-0.4, -0.2) is 329 Å². The van der Waals surface area contributed by atoms with Crippen molar-refractivity contribution >= 4 is 123 Å². The first-order valence-electron chi connectivity index (χ1n) is 49.7. The zero-order valence-electron chi connectivity index (χ0n) is 82.0. The Bertz CT molecular complexity index is 4630. The van der Waals surface area contributed by atoms with E-state index in [1.807, 2.05) is 0 Å². The quantitative estimate of drug-likeness (QED) is 0.0109. The number of carboxylic acids is 1. The normalized spacial score (nSPS) is 18.8. The number of nitrogens with one attached hydrogen (secondary N) is 19. The number of hydrogen-bond donors (Lipinski definition) is 28. The van der Waals surface area contributed by atoms with Gasteiger partial charge in [0.2, 0.25) is 94.5 Å². The van der Waals surface area contributed by atoms with E-state index in [-0.39, 0.29) is 129 Å². The van der Waals surface area contributed by atoms with E-state index < -0.39 is 257 Å². The van der Waals surface area contributed by atoms with Crippen LogP contribution in [0.3, 0.4) is 0 Å². The highest BCUT2D eigenvalue weighted by atomic mass is 16.5. The number of primary amides is 2. The summed E-state index contributed by atoms with van der Waals surface area (Å²) in [7, 11) is 0. The molecule has 0 aliphatic carbocycles. The van der Waals surface area contributed by atoms with Crippen molar-refractivity contribution in [2.75, 3.05) is 92.0 Å². The third-order valence-corrected chi connectivity index (χ3v) is 24.3. The molecule has 1 aromatic heterocycles. The number of fused-ring (bicyclic) bond motifs is 2. The lowest BCUT2D eigenvalue weighted by Crippen LogP contribution is -2.61. The highest BCUT2D eigenvalue weighted by molar-refractivity contribution is 6.01. The maximum Gasteiger partial charge on any atom is 0.317 e. The first-order chi connectivity index (χ1) is 69.1. The molecule has 12 atom stereocenters. The number of benzene rings is 2. The van der Waals surface area contributed by atoms with Crippen LogP contribution in [0.25, 0.3) is 10.9 Å². The Hall–Kier alpha value is -12.9. The molecule has 144 heavy (non-hydrogen) atoms. The molecule has 3 aromatic rings. The fraction of sp³-hybridized carbons (Fsp3) is 0.649. The van der Waals surface area contributed by atoms with Gasteiger partial charge in [-0.1, -0.05) is 139 Å². The van der Waals surface area contributed by atoms with Crippen LogP contribution in [0.15, 0.2) is 65.9 Å². The van der Waals surface area contributed by atoms with Crippen molar-refractivity contribution in [3.8, 4) is 0 Å². The number of guanidine groups is 1. The van der Waals surface area contributed by atoms with Gasteiger partial charge in [-0.2, -0.15) is 0 Å². The molecule has 2 fully saturated rings. The van der Waals surface area contributed by atoms with Gasteiger partial charge in [-0.25, -0.2) is 5.53 Å². The lowest BCUT2D eigenvalue weighted by atomic mass is 10.0. The predicted octanol–water partition coefficient (Wildman–Crippen LogP) is -5.06. The number of nitrogens with two attached hydrogens (primary N) is 3. The first kappa shape index (κ1) is 120. The van der Waals surface area contributed by atoms with Gasteiger partial charge < -0.3 is 142 Å². The van der Waals surface area contributed by atoms with Crippen molar-refractivity contribution in [1.82, 2.24) is 106 Å². The second-order valence-corrected chi connectivity index (χ2v) is 36.0. The fourth-order valence-electron chi connectivity index (χ4n) is 16.5. The Morgan fingerprint density at radius 2 is 1.18 bits per heavy atom. The van der Waals surface area contributed by atoms with Crippen LogP contribution in [0.1, 0.15) is 217 Å². The summed E-state index contributed by atoms with van der Waals surface area (Å²) < 4.78 is 10.8. The minimum atomic E-state index is -2.03. The predicted molar refractivity (Wildman–Crippen MR) is 524 cm³/mol. The van der Waals surface area contributed by atoms with Gasteiger partial charge in [0, 0.05) is 94.8 Å². The lowest BCUT2D eigenvalue weighted by Gasteiger charge is -2.31. The Morgan fingerprint density at radius 3 is 1.82 bits per heavy atom. The smallest absolute Gasteiger partial charge is 0.317 e. The van der Waals surface area contributed by atoms with Crippen molar-refractivity contribution in [2.24, 2.45) is 22.3 Å². The van der Waals surface area contributed by atoms with Crippen molar-refractivity contribution in [2.45, 2.75) is 298 Å². The molecule has 6 rings (SSSR count). The van der Waals surface area contributed by atoms with Crippen LogP contribution in [-0.2, 0) is 104 Å². The number of ether oxygens (including phenoxy) is 2. The summed E-state index contributed by atoms with van der Waals surface area (Å²) in [4.78, 5) is 242. The Labute approximate surface area is 836 Å². The number of aliphatic hydroxyl groups is 5. The SMILES string of the molecule is CCCC[C@H](NC(=O)[C@H](CCCCN(CC(=O)O)CC(O)O)NC(=O)[C@H](CO)NC(=O)[C@H](CCC(N)=O)NC(=O)[C@H](CO)NC(=O)CNC(=O)COCCOCCNC(=O)CCCCCCCCCCCCCCCC1=NNNN1)C(=O)N[C@H]1CCC(=O)NCCCCC(C(N)=O)NC(=O)C(Cc2c[nH]c3ccccc23)NC(=O)C(CCCNC(=N)N)NC(=O)[C@@H](Cc2ccccc2)NC(=O)[C@@H]2C[C@@H](O)CN2C1=O. The molecule has 0 radical (unpaired) electrons. The summed E-state index contributed by atoms with van der Waals surface area (Å²) in [5, 5.41) is 110. The van der Waals surface area contributed by atoms with Crippen LogP contribution in [0, 0.1) is 5.41 Å². The number of carbonyl (C=O) groups excluding carboxylic acids is 16. The standard InChI is InChI=1S/C94H151N25O25/c1-2-3-30-65(85(134)110-69-38-40-78(125)99-41-24-22-32-64(83(96)132)105-89(138)71(49-60-51-102-63-31-21-20-29-62(60)63)111-86(135)67(34-26-42-101-94(97)98)107-88(137)70(48-59-27-16-15-17-28-59)112-92(141)74-50-61(122)53-119(74)93(69)142)106-84(133)66(33-23-25-44-118(54-81(128)129)55-82(130)131)108-91(140)73(57-121)113-87(136)68(37-39-75(95)123)109-90(139)72(56-120)104-79(126)52-103-80(127)58-144-47-46-143-45-43-100-77(124)36-19-14-12-10-8-6-4-5-7-9-11-13-18-35-76-114-116-117-115-76/h15-17,20-21,27-29,31,51,61,64-74,81,102,116-117,120-122,128-129H,2-14,18-19,22-26,30,32-50,52-58H2,1H3,(H2,95,123)(H2,96,132)(H,99,125)(H,100,124)(H,103,127)(H,104,126)(H,105,138)(H,106,133)(H,107,137)(H,108,140)(H,109,139)(H,110,134)(H,111,135)(H,112,141)(H,113,136)(H,114,115)(H,130,131)(H4,97,98,101)/t61-,64?,65+,66+,67?,68+,69+,70-,71?,72+,73+,74+/m1/s1. The lowest BCUT2D eigenvalue weighted by molar-refractivity contribution is -0.143. The van der Waals surface area contributed by atoms with Gasteiger partial charge in [-0.3, -0.25) is 97.2 Å². The summed E-state index contributed by atoms with van der Waals surface area (Å²) in [6.45, 7) is -3.33. The molecule has 3 aliphatic rings. The number of aliphatic carboxylic acids is 1. The number of hydrazine groups is 2. The van der Waals surface area contributed by atoms with Gasteiger partial charge in [-0.05, 0) is 107 Å². The Kier molecular flexibility index (Phi) is 56.3. The van der Waals surface area contributed by atoms with Crippen molar-refractivity contribution in [3.63, 3.8) is 0 Å². The second-order valence-electron chi connectivity index (χ2n) is 36.0. The number of aliphatic hydroxyl groups excluding tert-OH is 4. The zero-order valence-corrected chi connectivity index (χ0v) is 82.0. The first-order valence-corrected chi connectivity index (χ1v) is 49.7. The Balaban J connectivity index is 1.12. The van der Waals surface area contributed by atoms with Gasteiger partial charge in [-0.15, -0.1) is 10.6 Å². The number of aromatic nitrogens is 1. The number of H-pyrrole nitrogens is 1. The van der Waals surface area contributed by atoms with E-state index in [9.17, 15) is 88.2 Å². The van der Waals surface area contributed by atoms with Gasteiger partial charge in [0.05, 0.1) is 52.2 Å². The molecule has 2 aromatic carbocycles. The number of amidine groups is 1. The summed E-state index contributed by atoms with van der Waals surface area (Å²) in [6.07, 6.45) is 11.4. The van der Waals surface area contributed by atoms with E-state index in [4.69, 9.17) is 32.1 Å². The molecule has 0 saturated carbocycles. The molecule has 3 aliphatic heterocycles. The summed E-state index contributed by atoms with van der Waals surface area (Å²) in [6, 6.07) is -2.86. The number of unbranched alkanes of at least 4 members (excludes halogenated alkanes) is 14. The molecule has 4 heterocycles. The molecular weight excluding hydrogens is 1880 g/mol. The fourth-order valence-corrected chi connectivity index (χ4v) is 16.5. The number of hydrazone groups is 1. The highest BCUT2D eigenvalue weighted by Gasteiger charge is 2.44. The Morgan fingerprint density at radius 1 is 0.590 bits per heavy atom. The third-order valence-electron chi connectivity index (χ3n) is 24.3. The molecule has 0 bridgehead atoms. The number of carbonyl (C=O) groups is 17. The molecule has 50 heteroatoms. The zero-order chi connectivity index (χ0) is 105. The van der Waals surface area contributed by atoms with Gasteiger partial charge >= 0.3 is 5.97 Å². The molecule has 0 spiro atoms. The monoisotopic (exact) mass is 2030 g/mol. The number of aromatic amines is 1. The molecule has 3 unspecified atom stereocenters. The van der Waals surface area contributed by atoms with E-state index >= 15 is 24.0 Å². The maximum absolute atomic E-state index is 15.5. The van der Waals surface area contributed by atoms with Crippen LogP contribution in [0.2, 0.25) is 0 Å². The second kappa shape index (κ2) is 67.6. The number of nitrogens with zero attached hydrogens (tertiary/aromatic N) is 3. The minimum Gasteiger partial charge on any atom is -0.480 e. The topological polar surface area (TPSA) is 771 Å².